The summed E-state index contributed by atoms with van der Waals surface area (Å²) < 4.78 is 4.47. The lowest BCUT2D eigenvalue weighted by Crippen LogP contribution is -2.16. The van der Waals surface area contributed by atoms with Gasteiger partial charge in [0.2, 0.25) is 0 Å². The number of anilines is 1. The van der Waals surface area contributed by atoms with E-state index in [1.807, 2.05) is 0 Å². The van der Waals surface area contributed by atoms with E-state index in [1.54, 1.807) is 13.0 Å². The molecule has 82 valence electrons. The van der Waals surface area contributed by atoms with Crippen molar-refractivity contribution in [2.24, 2.45) is 0 Å². The van der Waals surface area contributed by atoms with Crippen molar-refractivity contribution in [3.05, 3.63) is 17.8 Å². The molecule has 0 aliphatic rings. The van der Waals surface area contributed by atoms with E-state index in [4.69, 9.17) is 5.11 Å². The number of carbonyl (C=O) groups is 1. The Labute approximate surface area is 87.3 Å². The van der Waals surface area contributed by atoms with E-state index in [9.17, 15) is 4.79 Å². The molecule has 1 rings (SSSR count). The molecular weight excluding hydrogens is 198 g/mol. The molecule has 0 aromatic carbocycles. The van der Waals surface area contributed by atoms with Crippen molar-refractivity contribution in [2.45, 2.75) is 13.0 Å². The summed E-state index contributed by atoms with van der Waals surface area (Å²) in [6.45, 7) is 2.04. The number of ether oxygens (including phenoxy) is 1. The predicted molar refractivity (Wildman–Crippen MR) is 53.5 cm³/mol. The number of hydrogen-bond acceptors (Lipinski definition) is 6. The Balaban J connectivity index is 2.60. The number of hydrogen-bond donors (Lipinski definition) is 2. The van der Waals surface area contributed by atoms with Crippen LogP contribution in [0.5, 0.6) is 0 Å². The number of nitrogens with one attached hydrogen (secondary N) is 1. The summed E-state index contributed by atoms with van der Waals surface area (Å²) in [7, 11) is 1.28. The van der Waals surface area contributed by atoms with Crippen LogP contribution in [0.25, 0.3) is 0 Å². The molecule has 1 aromatic heterocycles. The largest absolute Gasteiger partial charge is 0.464 e. The molecule has 6 nitrogen and oxygen atoms in total. The maximum Gasteiger partial charge on any atom is 0.358 e. The van der Waals surface area contributed by atoms with Crippen molar-refractivity contribution in [1.29, 1.82) is 0 Å². The van der Waals surface area contributed by atoms with Crippen LogP contribution < -0.4 is 5.32 Å². The number of methoxy groups -OCH3 is 1. The third kappa shape index (κ3) is 3.51. The molecule has 15 heavy (non-hydrogen) atoms. The third-order valence-corrected chi connectivity index (χ3v) is 1.64. The van der Waals surface area contributed by atoms with E-state index in [2.05, 4.69) is 20.3 Å². The molecule has 0 amide bonds. The van der Waals surface area contributed by atoms with Gasteiger partial charge in [0, 0.05) is 6.54 Å². The van der Waals surface area contributed by atoms with Gasteiger partial charge in [0.05, 0.1) is 13.2 Å². The van der Waals surface area contributed by atoms with E-state index in [0.717, 1.165) is 0 Å². The standard InChI is InChI=1S/C9H13N3O3/c1-6(13)5-10-8-4-3-7(11-12-8)9(14)15-2/h3-4,6,13H,5H2,1-2H3,(H,10,12). The second-order valence-corrected chi connectivity index (χ2v) is 3.03. The number of esters is 1. The fourth-order valence-corrected chi connectivity index (χ4v) is 0.892. The van der Waals surface area contributed by atoms with Gasteiger partial charge in [-0.15, -0.1) is 10.2 Å². The molecule has 1 aromatic rings. The van der Waals surface area contributed by atoms with Gasteiger partial charge in [0.1, 0.15) is 5.82 Å². The summed E-state index contributed by atoms with van der Waals surface area (Å²) in [4.78, 5) is 11.0. The molecule has 0 saturated carbocycles. The fourth-order valence-electron chi connectivity index (χ4n) is 0.892. The Morgan fingerprint density at radius 3 is 2.80 bits per heavy atom. The second-order valence-electron chi connectivity index (χ2n) is 3.03. The number of aliphatic hydroxyl groups is 1. The molecule has 0 spiro atoms. The van der Waals surface area contributed by atoms with Gasteiger partial charge in [0.25, 0.3) is 0 Å². The van der Waals surface area contributed by atoms with Crippen LogP contribution in [0.15, 0.2) is 12.1 Å². The molecule has 0 saturated heterocycles. The highest BCUT2D eigenvalue weighted by Crippen LogP contribution is 2.02. The van der Waals surface area contributed by atoms with Gasteiger partial charge in [-0.1, -0.05) is 0 Å². The topological polar surface area (TPSA) is 84.3 Å². The Morgan fingerprint density at radius 2 is 2.33 bits per heavy atom. The van der Waals surface area contributed by atoms with Gasteiger partial charge in [0.15, 0.2) is 5.69 Å². The molecule has 1 atom stereocenters. The lowest BCUT2D eigenvalue weighted by atomic mass is 10.3. The lowest BCUT2D eigenvalue weighted by Gasteiger charge is -2.06. The highest BCUT2D eigenvalue weighted by atomic mass is 16.5. The van der Waals surface area contributed by atoms with Crippen LogP contribution >= 0.6 is 0 Å². The average molecular weight is 211 g/mol. The van der Waals surface area contributed by atoms with E-state index in [0.29, 0.717) is 12.4 Å². The summed E-state index contributed by atoms with van der Waals surface area (Å²) in [6, 6.07) is 3.10. The molecule has 0 aliphatic heterocycles. The van der Waals surface area contributed by atoms with Crippen LogP contribution in [-0.2, 0) is 4.74 Å². The van der Waals surface area contributed by atoms with Crippen molar-refractivity contribution in [2.75, 3.05) is 19.0 Å². The van der Waals surface area contributed by atoms with Crippen molar-refractivity contribution in [3.8, 4) is 0 Å². The van der Waals surface area contributed by atoms with Crippen LogP contribution in [-0.4, -0.2) is 41.0 Å². The second kappa shape index (κ2) is 5.26. The predicted octanol–water partition coefficient (Wildman–Crippen LogP) is 0.0559. The van der Waals surface area contributed by atoms with Crippen molar-refractivity contribution >= 4 is 11.8 Å². The Bertz CT molecular complexity index is 324. The third-order valence-electron chi connectivity index (χ3n) is 1.64. The first-order chi connectivity index (χ1) is 7.13. The molecule has 0 radical (unpaired) electrons. The number of carbonyl (C=O) groups excluding carboxylic acids is 1. The summed E-state index contributed by atoms with van der Waals surface area (Å²) in [6.07, 6.45) is -0.466. The molecule has 0 bridgehead atoms. The average Bonchev–Trinajstić information content (AvgIpc) is 2.26. The molecule has 2 N–H and O–H groups in total. The Hall–Kier alpha value is -1.69. The summed E-state index contributed by atoms with van der Waals surface area (Å²) in [5, 5.41) is 19.3. The normalized spacial score (nSPS) is 11.9. The van der Waals surface area contributed by atoms with E-state index in [1.165, 1.54) is 13.2 Å². The molecule has 1 unspecified atom stereocenters. The van der Waals surface area contributed by atoms with Gasteiger partial charge in [-0.2, -0.15) is 0 Å². The first kappa shape index (κ1) is 11.4. The highest BCUT2D eigenvalue weighted by molar-refractivity contribution is 5.86. The highest BCUT2D eigenvalue weighted by Gasteiger charge is 2.07. The van der Waals surface area contributed by atoms with Crippen LogP contribution in [0.1, 0.15) is 17.4 Å². The van der Waals surface area contributed by atoms with Crippen LogP contribution in [0.4, 0.5) is 5.82 Å². The van der Waals surface area contributed by atoms with Crippen LogP contribution in [0.2, 0.25) is 0 Å². The zero-order chi connectivity index (χ0) is 11.3. The monoisotopic (exact) mass is 211 g/mol. The molecule has 0 fully saturated rings. The van der Waals surface area contributed by atoms with Gasteiger partial charge in [-0.25, -0.2) is 4.79 Å². The quantitative estimate of drug-likeness (QED) is 0.685. The minimum absolute atomic E-state index is 0.153. The smallest absolute Gasteiger partial charge is 0.358 e. The van der Waals surface area contributed by atoms with E-state index < -0.39 is 12.1 Å². The molecular formula is C9H13N3O3. The number of nitrogens with zero attached hydrogens (tertiary/aromatic N) is 2. The minimum atomic E-state index is -0.524. The number of aliphatic hydroxyl groups excluding tert-OH is 1. The summed E-state index contributed by atoms with van der Waals surface area (Å²) in [5.74, 6) is -0.0203. The fraction of sp³-hybridized carbons (Fsp3) is 0.444. The minimum Gasteiger partial charge on any atom is -0.464 e. The number of aromatic nitrogens is 2. The van der Waals surface area contributed by atoms with Crippen molar-refractivity contribution < 1.29 is 14.6 Å². The molecule has 6 heteroatoms. The SMILES string of the molecule is COC(=O)c1ccc(NCC(C)O)nn1. The zero-order valence-electron chi connectivity index (χ0n) is 8.60. The Kier molecular flexibility index (Phi) is 3.99. The maximum atomic E-state index is 11.0. The van der Waals surface area contributed by atoms with Gasteiger partial charge >= 0.3 is 5.97 Å². The lowest BCUT2D eigenvalue weighted by molar-refractivity contribution is 0.0592. The van der Waals surface area contributed by atoms with Crippen molar-refractivity contribution in [1.82, 2.24) is 10.2 Å². The first-order valence-electron chi connectivity index (χ1n) is 4.47. The van der Waals surface area contributed by atoms with E-state index in [-0.39, 0.29) is 5.69 Å². The van der Waals surface area contributed by atoms with Gasteiger partial charge in [-0.05, 0) is 19.1 Å². The number of rotatable bonds is 4. The van der Waals surface area contributed by atoms with Gasteiger partial charge in [-0.3, -0.25) is 0 Å². The van der Waals surface area contributed by atoms with E-state index >= 15 is 0 Å². The van der Waals surface area contributed by atoms with Gasteiger partial charge < -0.3 is 15.2 Å². The maximum absolute atomic E-state index is 11.0. The zero-order valence-corrected chi connectivity index (χ0v) is 8.60. The van der Waals surface area contributed by atoms with Crippen LogP contribution in [0.3, 0.4) is 0 Å². The summed E-state index contributed by atoms with van der Waals surface area (Å²) >= 11 is 0. The molecule has 1 heterocycles. The Morgan fingerprint density at radius 1 is 1.60 bits per heavy atom. The first-order valence-corrected chi connectivity index (χ1v) is 4.47. The van der Waals surface area contributed by atoms with Crippen molar-refractivity contribution in [3.63, 3.8) is 0 Å². The summed E-state index contributed by atoms with van der Waals surface area (Å²) in [5.41, 5.74) is 0.153. The molecule has 0 aliphatic carbocycles. The van der Waals surface area contributed by atoms with Crippen LogP contribution in [0, 0.1) is 0 Å².